The molecule has 0 spiro atoms. The Hall–Kier alpha value is -1.58. The van der Waals surface area contributed by atoms with E-state index in [1.54, 1.807) is 0 Å². The highest BCUT2D eigenvalue weighted by Crippen LogP contribution is 2.15. The Labute approximate surface area is 102 Å². The zero-order valence-corrected chi connectivity index (χ0v) is 9.67. The maximum atomic E-state index is 5.93. The van der Waals surface area contributed by atoms with Crippen molar-refractivity contribution in [2.75, 3.05) is 6.54 Å². The number of hydrogen-bond donors (Lipinski definition) is 1. The number of benzene rings is 2. The lowest BCUT2D eigenvalue weighted by molar-refractivity contribution is 0.233. The van der Waals surface area contributed by atoms with Gasteiger partial charge >= 0.3 is 0 Å². The molecule has 17 heavy (non-hydrogen) atoms. The Bertz CT molecular complexity index is 439. The molecule has 0 saturated carbocycles. The van der Waals surface area contributed by atoms with Crippen LogP contribution in [0.2, 0.25) is 6.32 Å². The Kier molecular flexibility index (Phi) is 2.71. The fourth-order valence-electron chi connectivity index (χ4n) is 2.71. The molecule has 1 aliphatic rings. The van der Waals surface area contributed by atoms with E-state index in [0.717, 1.165) is 12.9 Å². The smallest absolute Gasteiger partial charge is 0.191 e. The van der Waals surface area contributed by atoms with Crippen molar-refractivity contribution < 1.29 is 4.76 Å². The fourth-order valence-corrected chi connectivity index (χ4v) is 2.71. The van der Waals surface area contributed by atoms with Crippen molar-refractivity contribution in [3.63, 3.8) is 0 Å². The largest absolute Gasteiger partial charge is 0.503 e. The summed E-state index contributed by atoms with van der Waals surface area (Å²) >= 11 is 0. The van der Waals surface area contributed by atoms with Gasteiger partial charge in [0.05, 0.1) is 0 Å². The molecule has 0 radical (unpaired) electrons. The lowest BCUT2D eigenvalue weighted by Gasteiger charge is -2.35. The second kappa shape index (κ2) is 4.36. The quantitative estimate of drug-likeness (QED) is 0.776. The predicted octanol–water partition coefficient (Wildman–Crippen LogP) is 1.28. The third-order valence-electron chi connectivity index (χ3n) is 3.61. The minimum Gasteiger partial charge on any atom is -0.503 e. The van der Waals surface area contributed by atoms with Crippen molar-refractivity contribution in [1.82, 2.24) is 5.48 Å². The molecule has 2 aromatic carbocycles. The number of hydroxylamine groups is 1. The van der Waals surface area contributed by atoms with Crippen LogP contribution >= 0.6 is 0 Å². The van der Waals surface area contributed by atoms with Crippen molar-refractivity contribution in [3.05, 3.63) is 60.7 Å². The molecule has 1 fully saturated rings. The van der Waals surface area contributed by atoms with Gasteiger partial charge < -0.3 is 4.76 Å². The normalized spacial score (nSPS) is 18.1. The van der Waals surface area contributed by atoms with Crippen molar-refractivity contribution in [1.29, 1.82) is 0 Å². The molecule has 0 amide bonds. The standard InChI is InChI=1S/C14H15BNO/c1-3-7-13(8-4-1)15(11-12-16-17-15)14-9-5-2-6-10-14/h1-10,16H,11-12H2/q-1. The maximum Gasteiger partial charge on any atom is 0.191 e. The molecule has 3 rings (SSSR count). The number of nitrogens with one attached hydrogen (secondary N) is 1. The average Bonchev–Trinajstić information content (AvgIpc) is 2.91. The summed E-state index contributed by atoms with van der Waals surface area (Å²) in [7, 11) is 0. The average molecular weight is 224 g/mol. The zero-order valence-electron chi connectivity index (χ0n) is 9.67. The first-order chi connectivity index (χ1) is 8.42. The van der Waals surface area contributed by atoms with E-state index >= 15 is 0 Å². The first-order valence-electron chi connectivity index (χ1n) is 6.10. The van der Waals surface area contributed by atoms with Crippen LogP contribution in [0, 0.1) is 0 Å². The van der Waals surface area contributed by atoms with Gasteiger partial charge in [-0.2, -0.15) is 10.9 Å². The van der Waals surface area contributed by atoms with Crippen LogP contribution in [0.1, 0.15) is 0 Å². The molecule has 3 heteroatoms. The summed E-state index contributed by atoms with van der Waals surface area (Å²) < 4.78 is 5.93. The van der Waals surface area contributed by atoms with Crippen LogP contribution in [-0.4, -0.2) is 12.9 Å². The molecule has 0 aromatic heterocycles. The Morgan fingerprint density at radius 3 is 1.76 bits per heavy atom. The summed E-state index contributed by atoms with van der Waals surface area (Å²) in [5, 5.41) is 0. The third-order valence-corrected chi connectivity index (χ3v) is 3.61. The zero-order chi connectivity index (χ0) is 11.6. The molecule has 1 heterocycles. The van der Waals surface area contributed by atoms with Gasteiger partial charge in [0.15, 0.2) is 6.35 Å². The van der Waals surface area contributed by atoms with Crippen LogP contribution in [0.5, 0.6) is 0 Å². The van der Waals surface area contributed by atoms with Gasteiger partial charge in [-0.05, 0) is 6.54 Å². The molecule has 1 saturated heterocycles. The monoisotopic (exact) mass is 224 g/mol. The van der Waals surface area contributed by atoms with E-state index in [9.17, 15) is 0 Å². The van der Waals surface area contributed by atoms with Crippen LogP contribution in [0.4, 0.5) is 0 Å². The van der Waals surface area contributed by atoms with Crippen LogP contribution in [-0.2, 0) is 4.76 Å². The maximum absolute atomic E-state index is 5.93. The van der Waals surface area contributed by atoms with Gasteiger partial charge in [-0.3, -0.25) is 5.48 Å². The Balaban J connectivity index is 2.11. The van der Waals surface area contributed by atoms with Crippen molar-refractivity contribution >= 4 is 17.3 Å². The molecule has 2 aromatic rings. The van der Waals surface area contributed by atoms with E-state index < -0.39 is 6.35 Å². The molecule has 86 valence electrons. The second-order valence-electron chi connectivity index (χ2n) is 4.58. The van der Waals surface area contributed by atoms with Gasteiger partial charge in [0.25, 0.3) is 0 Å². The topological polar surface area (TPSA) is 21.3 Å². The van der Waals surface area contributed by atoms with E-state index in [2.05, 4.69) is 54.0 Å². The first kappa shape index (κ1) is 10.6. The summed E-state index contributed by atoms with van der Waals surface area (Å²) in [5.41, 5.74) is 5.57. The van der Waals surface area contributed by atoms with Gasteiger partial charge in [0.2, 0.25) is 0 Å². The predicted molar refractivity (Wildman–Crippen MR) is 71.8 cm³/mol. The summed E-state index contributed by atoms with van der Waals surface area (Å²) in [6.45, 7) is 0.907. The molecular formula is C14H15BNO-. The summed E-state index contributed by atoms with van der Waals surface area (Å²) in [6, 6.07) is 21.0. The highest BCUT2D eigenvalue weighted by atomic mass is 16.6. The molecule has 1 aliphatic heterocycles. The van der Waals surface area contributed by atoms with Gasteiger partial charge in [0.1, 0.15) is 0 Å². The second-order valence-corrected chi connectivity index (χ2v) is 4.58. The van der Waals surface area contributed by atoms with Crippen LogP contribution < -0.4 is 16.4 Å². The van der Waals surface area contributed by atoms with E-state index in [1.165, 1.54) is 10.9 Å². The molecule has 0 unspecified atom stereocenters. The highest BCUT2D eigenvalue weighted by molar-refractivity contribution is 6.97. The lowest BCUT2D eigenvalue weighted by Crippen LogP contribution is -2.58. The summed E-state index contributed by atoms with van der Waals surface area (Å²) in [4.78, 5) is 0. The van der Waals surface area contributed by atoms with Crippen LogP contribution in [0.3, 0.4) is 0 Å². The minimum absolute atomic E-state index is 0.907. The van der Waals surface area contributed by atoms with Crippen molar-refractivity contribution in [3.8, 4) is 0 Å². The Morgan fingerprint density at radius 1 is 0.824 bits per heavy atom. The molecule has 0 bridgehead atoms. The molecule has 1 N–H and O–H groups in total. The van der Waals surface area contributed by atoms with Crippen LogP contribution in [0.25, 0.3) is 0 Å². The molecule has 2 nitrogen and oxygen atoms in total. The molecular weight excluding hydrogens is 209 g/mol. The third kappa shape index (κ3) is 1.77. The van der Waals surface area contributed by atoms with E-state index in [-0.39, 0.29) is 0 Å². The van der Waals surface area contributed by atoms with Gasteiger partial charge in [-0.15, -0.1) is 6.32 Å². The summed E-state index contributed by atoms with van der Waals surface area (Å²) in [5.74, 6) is 0. The van der Waals surface area contributed by atoms with E-state index in [0.29, 0.717) is 0 Å². The first-order valence-corrected chi connectivity index (χ1v) is 6.10. The molecule has 0 aliphatic carbocycles. The van der Waals surface area contributed by atoms with E-state index in [1.807, 2.05) is 12.1 Å². The van der Waals surface area contributed by atoms with Crippen LogP contribution in [0.15, 0.2) is 60.7 Å². The number of hydrogen-bond acceptors (Lipinski definition) is 2. The molecule has 0 atom stereocenters. The van der Waals surface area contributed by atoms with Crippen molar-refractivity contribution in [2.24, 2.45) is 0 Å². The Morgan fingerprint density at radius 2 is 1.35 bits per heavy atom. The number of rotatable bonds is 2. The van der Waals surface area contributed by atoms with Gasteiger partial charge in [0, 0.05) is 0 Å². The SMILES string of the molecule is c1ccc([B-]2(c3ccccc3)CCNO2)cc1. The van der Waals surface area contributed by atoms with Gasteiger partial charge in [-0.1, -0.05) is 60.7 Å². The summed E-state index contributed by atoms with van der Waals surface area (Å²) in [6.07, 6.45) is -0.0581. The highest BCUT2D eigenvalue weighted by Gasteiger charge is 2.32. The minimum atomic E-state index is -1.08. The van der Waals surface area contributed by atoms with Gasteiger partial charge in [-0.25, -0.2) is 0 Å². The fraction of sp³-hybridized carbons (Fsp3) is 0.143. The van der Waals surface area contributed by atoms with E-state index in [4.69, 9.17) is 4.76 Å². The van der Waals surface area contributed by atoms with Crippen molar-refractivity contribution in [2.45, 2.75) is 6.32 Å². The lowest BCUT2D eigenvalue weighted by atomic mass is 9.31.